The number of aryl methyl sites for hydroxylation is 1. The third kappa shape index (κ3) is 3.45. The van der Waals surface area contributed by atoms with E-state index < -0.39 is 10.0 Å². The summed E-state index contributed by atoms with van der Waals surface area (Å²) in [7, 11) is -3.57. The number of rotatable bonds is 5. The molecule has 1 saturated carbocycles. The monoisotopic (exact) mass is 437 g/mol. The Morgan fingerprint density at radius 2 is 2.21 bits per heavy atom. The fourth-order valence-electron chi connectivity index (χ4n) is 4.15. The first-order valence-corrected chi connectivity index (χ1v) is 12.5. The lowest BCUT2D eigenvalue weighted by molar-refractivity contribution is -0.117. The number of thiazole rings is 1. The largest absolute Gasteiger partial charge is 0.350 e. The van der Waals surface area contributed by atoms with Crippen molar-refractivity contribution in [3.8, 4) is 10.6 Å². The first-order valence-electron chi connectivity index (χ1n) is 9.32. The smallest absolute Gasteiger partial charge is 0.253 e. The minimum absolute atomic E-state index is 0.00544. The zero-order chi connectivity index (χ0) is 19.9. The minimum Gasteiger partial charge on any atom is -0.350 e. The molecule has 9 heteroatoms. The molecule has 1 N–H and O–H groups in total. The van der Waals surface area contributed by atoms with Crippen LogP contribution in [0.1, 0.15) is 37.1 Å². The molecule has 4 rings (SSSR count). The van der Waals surface area contributed by atoms with E-state index in [4.69, 9.17) is 0 Å². The zero-order valence-corrected chi connectivity index (χ0v) is 18.1. The van der Waals surface area contributed by atoms with Crippen LogP contribution in [0.3, 0.4) is 0 Å². The molecule has 1 saturated heterocycles. The number of thiophene rings is 1. The number of hydrogen-bond acceptors (Lipinski definition) is 6. The highest BCUT2D eigenvalue weighted by molar-refractivity contribution is 7.91. The van der Waals surface area contributed by atoms with Crippen molar-refractivity contribution in [3.63, 3.8) is 0 Å². The van der Waals surface area contributed by atoms with Crippen molar-refractivity contribution in [2.75, 3.05) is 6.54 Å². The van der Waals surface area contributed by atoms with Gasteiger partial charge in [-0.25, -0.2) is 13.4 Å². The molecule has 1 unspecified atom stereocenters. The standard InChI is InChI=1S/C19H23N3O3S3/c1-3-17(23)21-14-7-10-22(19(11-14)8-4-9-19)28(24,25)18-6-5-16(27-18)15-12-26-13(2)20-15/h3,5-6,12,14H,1,4,7-11H2,2H3,(H,21,23). The molecule has 0 bridgehead atoms. The molecule has 1 aliphatic heterocycles. The minimum atomic E-state index is -3.57. The molecule has 3 heterocycles. The second kappa shape index (κ2) is 7.37. The first kappa shape index (κ1) is 19.8. The van der Waals surface area contributed by atoms with Crippen molar-refractivity contribution in [2.45, 2.75) is 54.8 Å². The van der Waals surface area contributed by atoms with E-state index in [1.54, 1.807) is 21.7 Å². The molecule has 2 aliphatic rings. The zero-order valence-electron chi connectivity index (χ0n) is 15.7. The van der Waals surface area contributed by atoms with Gasteiger partial charge in [0.05, 0.1) is 15.6 Å². The van der Waals surface area contributed by atoms with Crippen LogP contribution in [0.15, 0.2) is 34.4 Å². The number of amides is 1. The summed E-state index contributed by atoms with van der Waals surface area (Å²) in [6.07, 6.45) is 5.25. The normalized spacial score (nSPS) is 22.0. The van der Waals surface area contributed by atoms with Crippen LogP contribution in [-0.2, 0) is 14.8 Å². The van der Waals surface area contributed by atoms with Crippen molar-refractivity contribution < 1.29 is 13.2 Å². The Kier molecular flexibility index (Phi) is 5.20. The maximum absolute atomic E-state index is 13.4. The maximum Gasteiger partial charge on any atom is 0.253 e. The SMILES string of the molecule is C=CC(=O)NC1CCN(S(=O)(=O)c2ccc(-c3csc(C)n3)s2)C2(CCC2)C1. The van der Waals surface area contributed by atoms with Gasteiger partial charge in [-0.05, 0) is 57.2 Å². The topological polar surface area (TPSA) is 79.4 Å². The van der Waals surface area contributed by atoms with Gasteiger partial charge in [0.2, 0.25) is 5.91 Å². The fourth-order valence-corrected chi connectivity index (χ4v) is 8.07. The summed E-state index contributed by atoms with van der Waals surface area (Å²) >= 11 is 2.84. The van der Waals surface area contributed by atoms with E-state index in [-0.39, 0.29) is 17.5 Å². The highest BCUT2D eigenvalue weighted by Gasteiger charge is 2.52. The summed E-state index contributed by atoms with van der Waals surface area (Å²) in [6, 6.07) is 3.53. The molecule has 150 valence electrons. The molecule has 0 aromatic carbocycles. The number of carbonyl (C=O) groups excluding carboxylic acids is 1. The Bertz CT molecular complexity index is 1000. The summed E-state index contributed by atoms with van der Waals surface area (Å²) < 4.78 is 29.0. The number of sulfonamides is 1. The lowest BCUT2D eigenvalue weighted by Gasteiger charge is -2.53. The third-order valence-corrected chi connectivity index (χ3v) is 10.0. The van der Waals surface area contributed by atoms with Crippen LogP contribution in [0.2, 0.25) is 0 Å². The summed E-state index contributed by atoms with van der Waals surface area (Å²) in [5.41, 5.74) is 0.454. The molecule has 2 aromatic heterocycles. The van der Waals surface area contributed by atoms with Crippen molar-refractivity contribution in [1.29, 1.82) is 0 Å². The van der Waals surface area contributed by atoms with Gasteiger partial charge in [-0.15, -0.1) is 22.7 Å². The van der Waals surface area contributed by atoms with Gasteiger partial charge in [-0.1, -0.05) is 6.58 Å². The number of hydrogen-bond donors (Lipinski definition) is 1. The van der Waals surface area contributed by atoms with E-state index in [2.05, 4.69) is 16.9 Å². The van der Waals surface area contributed by atoms with E-state index in [0.29, 0.717) is 23.6 Å². The molecular weight excluding hydrogens is 414 g/mol. The van der Waals surface area contributed by atoms with Crippen LogP contribution in [0.5, 0.6) is 0 Å². The second-order valence-electron chi connectivity index (χ2n) is 7.43. The number of nitrogens with zero attached hydrogens (tertiary/aromatic N) is 2. The molecule has 1 amide bonds. The van der Waals surface area contributed by atoms with Gasteiger partial charge >= 0.3 is 0 Å². The van der Waals surface area contributed by atoms with Crippen molar-refractivity contribution in [1.82, 2.24) is 14.6 Å². The molecule has 6 nitrogen and oxygen atoms in total. The first-order chi connectivity index (χ1) is 13.3. The molecule has 2 fully saturated rings. The summed E-state index contributed by atoms with van der Waals surface area (Å²) in [5.74, 6) is -0.197. The predicted molar refractivity (Wildman–Crippen MR) is 112 cm³/mol. The van der Waals surface area contributed by atoms with Crippen molar-refractivity contribution in [2.24, 2.45) is 0 Å². The van der Waals surface area contributed by atoms with E-state index in [1.807, 2.05) is 18.4 Å². The van der Waals surface area contributed by atoms with Crippen LogP contribution in [0.25, 0.3) is 10.6 Å². The molecule has 28 heavy (non-hydrogen) atoms. The van der Waals surface area contributed by atoms with Gasteiger partial charge in [-0.3, -0.25) is 4.79 Å². The van der Waals surface area contributed by atoms with Crippen molar-refractivity contribution >= 4 is 38.6 Å². The molecule has 0 radical (unpaired) electrons. The quantitative estimate of drug-likeness (QED) is 0.726. The summed E-state index contributed by atoms with van der Waals surface area (Å²) in [6.45, 7) is 5.86. The van der Waals surface area contributed by atoms with Gasteiger partial charge in [0, 0.05) is 23.5 Å². The van der Waals surface area contributed by atoms with E-state index in [9.17, 15) is 13.2 Å². The Morgan fingerprint density at radius 1 is 1.43 bits per heavy atom. The van der Waals surface area contributed by atoms with Gasteiger partial charge in [0.25, 0.3) is 10.0 Å². The van der Waals surface area contributed by atoms with Crippen LogP contribution in [0.4, 0.5) is 0 Å². The van der Waals surface area contributed by atoms with E-state index >= 15 is 0 Å². The fraction of sp³-hybridized carbons (Fsp3) is 0.474. The summed E-state index contributed by atoms with van der Waals surface area (Å²) in [5, 5.41) is 5.87. The molecule has 1 aliphatic carbocycles. The number of aromatic nitrogens is 1. The predicted octanol–water partition coefficient (Wildman–Crippen LogP) is 3.56. The van der Waals surface area contributed by atoms with Crippen LogP contribution >= 0.6 is 22.7 Å². The van der Waals surface area contributed by atoms with Gasteiger partial charge in [-0.2, -0.15) is 4.31 Å². The number of carbonyl (C=O) groups is 1. The van der Waals surface area contributed by atoms with Crippen molar-refractivity contribution in [3.05, 3.63) is 35.2 Å². The van der Waals surface area contributed by atoms with Crippen LogP contribution in [0, 0.1) is 6.92 Å². The average Bonchev–Trinajstić information content (AvgIpc) is 3.29. The van der Waals surface area contributed by atoms with Gasteiger partial charge < -0.3 is 5.32 Å². The Labute approximate surface area is 173 Å². The number of piperidine rings is 1. The average molecular weight is 438 g/mol. The Hall–Kier alpha value is -1.55. The second-order valence-corrected chi connectivity index (χ2v) is 11.7. The van der Waals surface area contributed by atoms with Gasteiger partial charge in [0.15, 0.2) is 0 Å². The van der Waals surface area contributed by atoms with Gasteiger partial charge in [0.1, 0.15) is 4.21 Å². The maximum atomic E-state index is 13.4. The van der Waals surface area contributed by atoms with Crippen LogP contribution in [-0.4, -0.2) is 41.7 Å². The van der Waals surface area contributed by atoms with E-state index in [1.165, 1.54) is 17.4 Å². The lowest BCUT2D eigenvalue weighted by Crippen LogP contribution is -2.62. The molecule has 2 aromatic rings. The Balaban J connectivity index is 1.58. The highest BCUT2D eigenvalue weighted by atomic mass is 32.2. The lowest BCUT2D eigenvalue weighted by atomic mass is 9.70. The Morgan fingerprint density at radius 3 is 2.82 bits per heavy atom. The van der Waals surface area contributed by atoms with E-state index in [0.717, 1.165) is 34.8 Å². The summed E-state index contributed by atoms with van der Waals surface area (Å²) in [4.78, 5) is 17.0. The highest BCUT2D eigenvalue weighted by Crippen LogP contribution is 2.47. The molecule has 1 spiro atoms. The molecular formula is C19H23N3O3S3. The third-order valence-electron chi connectivity index (χ3n) is 5.65. The number of nitrogens with one attached hydrogen (secondary N) is 1. The van der Waals surface area contributed by atoms with Crippen LogP contribution < -0.4 is 5.32 Å². The molecule has 1 atom stereocenters.